The molecule has 0 aromatic heterocycles. The molecule has 2 aromatic rings. The molecule has 5 nitrogen and oxygen atoms in total. The summed E-state index contributed by atoms with van der Waals surface area (Å²) >= 11 is 6.06. The molecule has 1 heterocycles. The molecular formula is C20H21ClN2O3. The number of halogens is 1. The van der Waals surface area contributed by atoms with E-state index in [0.717, 1.165) is 18.5 Å². The maximum atomic E-state index is 12.3. The third-order valence-electron chi connectivity index (χ3n) is 4.42. The number of rotatable bonds is 4. The van der Waals surface area contributed by atoms with Gasteiger partial charge in [-0.1, -0.05) is 23.7 Å². The third kappa shape index (κ3) is 4.23. The van der Waals surface area contributed by atoms with Crippen LogP contribution in [0, 0.1) is 0 Å². The summed E-state index contributed by atoms with van der Waals surface area (Å²) in [7, 11) is 0. The van der Waals surface area contributed by atoms with Crippen LogP contribution in [0.25, 0.3) is 0 Å². The lowest BCUT2D eigenvalue weighted by Crippen LogP contribution is -2.42. The van der Waals surface area contributed by atoms with Gasteiger partial charge in [0.1, 0.15) is 0 Å². The van der Waals surface area contributed by atoms with Gasteiger partial charge in [0, 0.05) is 37.6 Å². The van der Waals surface area contributed by atoms with E-state index >= 15 is 0 Å². The SMILES string of the molecule is CC(=O)N(c1ccc(NC(=O)c2ccccc2Cl)cc1)C1CCOCC1. The molecule has 26 heavy (non-hydrogen) atoms. The number of amides is 2. The summed E-state index contributed by atoms with van der Waals surface area (Å²) in [5, 5.41) is 3.23. The van der Waals surface area contributed by atoms with E-state index in [-0.39, 0.29) is 17.9 Å². The molecule has 0 saturated carbocycles. The summed E-state index contributed by atoms with van der Waals surface area (Å²) < 4.78 is 5.38. The molecular weight excluding hydrogens is 352 g/mol. The zero-order valence-electron chi connectivity index (χ0n) is 14.6. The monoisotopic (exact) mass is 372 g/mol. The standard InChI is InChI=1S/C20H21ClN2O3/c1-14(24)23(17-10-12-26-13-11-17)16-8-6-15(7-9-16)22-20(25)18-4-2-3-5-19(18)21/h2-9,17H,10-13H2,1H3,(H,22,25). The van der Waals surface area contributed by atoms with E-state index < -0.39 is 0 Å². The van der Waals surface area contributed by atoms with Crippen LogP contribution in [0.2, 0.25) is 5.02 Å². The highest BCUT2D eigenvalue weighted by molar-refractivity contribution is 6.34. The molecule has 0 spiro atoms. The molecule has 2 amide bonds. The van der Waals surface area contributed by atoms with Gasteiger partial charge in [0.25, 0.3) is 5.91 Å². The van der Waals surface area contributed by atoms with Crippen LogP contribution in [-0.4, -0.2) is 31.1 Å². The zero-order valence-corrected chi connectivity index (χ0v) is 15.3. The molecule has 6 heteroatoms. The Labute approximate surface area is 157 Å². The lowest BCUT2D eigenvalue weighted by molar-refractivity contribution is -0.117. The van der Waals surface area contributed by atoms with Crippen LogP contribution in [0.4, 0.5) is 11.4 Å². The maximum Gasteiger partial charge on any atom is 0.257 e. The van der Waals surface area contributed by atoms with Crippen molar-refractivity contribution in [3.05, 3.63) is 59.1 Å². The average molecular weight is 373 g/mol. The van der Waals surface area contributed by atoms with Gasteiger partial charge in [0.15, 0.2) is 0 Å². The molecule has 2 aromatic carbocycles. The first kappa shape index (κ1) is 18.4. The van der Waals surface area contributed by atoms with Crippen molar-refractivity contribution < 1.29 is 14.3 Å². The van der Waals surface area contributed by atoms with Crippen LogP contribution in [0.5, 0.6) is 0 Å². The summed E-state index contributed by atoms with van der Waals surface area (Å²) in [6.07, 6.45) is 1.65. The first-order chi connectivity index (χ1) is 12.6. The number of nitrogens with one attached hydrogen (secondary N) is 1. The summed E-state index contributed by atoms with van der Waals surface area (Å²) in [6, 6.07) is 14.3. The first-order valence-electron chi connectivity index (χ1n) is 8.60. The van der Waals surface area contributed by atoms with Gasteiger partial charge in [0.2, 0.25) is 5.91 Å². The Kier molecular flexibility index (Phi) is 5.91. The highest BCUT2D eigenvalue weighted by Gasteiger charge is 2.25. The number of carbonyl (C=O) groups is 2. The largest absolute Gasteiger partial charge is 0.381 e. The second kappa shape index (κ2) is 8.34. The van der Waals surface area contributed by atoms with Crippen LogP contribution in [0.15, 0.2) is 48.5 Å². The predicted molar refractivity (Wildman–Crippen MR) is 103 cm³/mol. The second-order valence-electron chi connectivity index (χ2n) is 6.21. The normalized spacial score (nSPS) is 14.7. The van der Waals surface area contributed by atoms with Gasteiger partial charge in [-0.15, -0.1) is 0 Å². The van der Waals surface area contributed by atoms with Crippen molar-refractivity contribution in [2.24, 2.45) is 0 Å². The number of hydrogen-bond donors (Lipinski definition) is 1. The van der Waals surface area contributed by atoms with E-state index in [1.807, 2.05) is 17.0 Å². The van der Waals surface area contributed by atoms with Crippen LogP contribution >= 0.6 is 11.6 Å². The van der Waals surface area contributed by atoms with Crippen molar-refractivity contribution in [2.75, 3.05) is 23.4 Å². The van der Waals surface area contributed by atoms with Gasteiger partial charge < -0.3 is 15.0 Å². The van der Waals surface area contributed by atoms with Crippen molar-refractivity contribution in [1.29, 1.82) is 0 Å². The number of carbonyl (C=O) groups excluding carboxylic acids is 2. The van der Waals surface area contributed by atoms with Crippen molar-refractivity contribution in [3.63, 3.8) is 0 Å². The Morgan fingerprint density at radius 2 is 1.73 bits per heavy atom. The lowest BCUT2D eigenvalue weighted by atomic mass is 10.1. The first-order valence-corrected chi connectivity index (χ1v) is 8.97. The topological polar surface area (TPSA) is 58.6 Å². The van der Waals surface area contributed by atoms with Gasteiger partial charge in [-0.2, -0.15) is 0 Å². The quantitative estimate of drug-likeness (QED) is 0.878. The molecule has 0 bridgehead atoms. The molecule has 0 radical (unpaired) electrons. The predicted octanol–water partition coefficient (Wildman–Crippen LogP) is 4.12. The number of anilines is 2. The highest BCUT2D eigenvalue weighted by atomic mass is 35.5. The summed E-state index contributed by atoms with van der Waals surface area (Å²) in [5.74, 6) is -0.263. The maximum absolute atomic E-state index is 12.3. The fourth-order valence-corrected chi connectivity index (χ4v) is 3.36. The van der Waals surface area contributed by atoms with E-state index in [1.54, 1.807) is 43.3 Å². The average Bonchev–Trinajstić information content (AvgIpc) is 2.64. The van der Waals surface area contributed by atoms with Gasteiger partial charge >= 0.3 is 0 Å². The van der Waals surface area contributed by atoms with E-state index in [2.05, 4.69) is 5.32 Å². The smallest absolute Gasteiger partial charge is 0.257 e. The fraction of sp³-hybridized carbons (Fsp3) is 0.300. The minimum Gasteiger partial charge on any atom is -0.381 e. The number of ether oxygens (including phenoxy) is 1. The van der Waals surface area contributed by atoms with Crippen LogP contribution < -0.4 is 10.2 Å². The van der Waals surface area contributed by atoms with Crippen LogP contribution in [0.3, 0.4) is 0 Å². The number of hydrogen-bond acceptors (Lipinski definition) is 3. The molecule has 1 fully saturated rings. The summed E-state index contributed by atoms with van der Waals surface area (Å²) in [6.45, 7) is 2.91. The van der Waals surface area contributed by atoms with E-state index in [9.17, 15) is 9.59 Å². The zero-order chi connectivity index (χ0) is 18.5. The number of nitrogens with zero attached hydrogens (tertiary/aromatic N) is 1. The Morgan fingerprint density at radius 1 is 1.08 bits per heavy atom. The Hall–Kier alpha value is -2.37. The van der Waals surface area contributed by atoms with Crippen molar-refractivity contribution >= 4 is 34.8 Å². The van der Waals surface area contributed by atoms with Crippen LogP contribution in [0.1, 0.15) is 30.1 Å². The van der Waals surface area contributed by atoms with Gasteiger partial charge in [-0.05, 0) is 49.2 Å². The molecule has 136 valence electrons. The molecule has 3 rings (SSSR count). The molecule has 0 aliphatic carbocycles. The second-order valence-corrected chi connectivity index (χ2v) is 6.62. The van der Waals surface area contributed by atoms with E-state index in [1.165, 1.54) is 0 Å². The van der Waals surface area contributed by atoms with E-state index in [0.29, 0.717) is 29.5 Å². The fourth-order valence-electron chi connectivity index (χ4n) is 3.14. The molecule has 1 aliphatic rings. The molecule has 1 N–H and O–H groups in total. The molecule has 1 aliphatic heterocycles. The minimum atomic E-state index is -0.267. The highest BCUT2D eigenvalue weighted by Crippen LogP contribution is 2.25. The lowest BCUT2D eigenvalue weighted by Gasteiger charge is -2.33. The number of benzene rings is 2. The Morgan fingerprint density at radius 3 is 2.35 bits per heavy atom. The molecule has 0 unspecified atom stereocenters. The Bertz CT molecular complexity index is 786. The minimum absolute atomic E-state index is 0.00440. The molecule has 1 saturated heterocycles. The Balaban J connectivity index is 1.73. The summed E-state index contributed by atoms with van der Waals surface area (Å²) in [5.41, 5.74) is 1.89. The van der Waals surface area contributed by atoms with Crippen molar-refractivity contribution in [3.8, 4) is 0 Å². The molecule has 0 atom stereocenters. The van der Waals surface area contributed by atoms with Gasteiger partial charge in [0.05, 0.1) is 10.6 Å². The van der Waals surface area contributed by atoms with Gasteiger partial charge in [-0.3, -0.25) is 9.59 Å². The van der Waals surface area contributed by atoms with Crippen LogP contribution in [-0.2, 0) is 9.53 Å². The third-order valence-corrected chi connectivity index (χ3v) is 4.75. The van der Waals surface area contributed by atoms with Crippen molar-refractivity contribution in [2.45, 2.75) is 25.8 Å². The van der Waals surface area contributed by atoms with Gasteiger partial charge in [-0.25, -0.2) is 0 Å². The summed E-state index contributed by atoms with van der Waals surface area (Å²) in [4.78, 5) is 26.3. The van der Waals surface area contributed by atoms with Crippen molar-refractivity contribution in [1.82, 2.24) is 0 Å². The van der Waals surface area contributed by atoms with E-state index in [4.69, 9.17) is 16.3 Å².